The van der Waals surface area contributed by atoms with Gasteiger partial charge in [0.2, 0.25) is 0 Å². The summed E-state index contributed by atoms with van der Waals surface area (Å²) in [6, 6.07) is 11.2. The van der Waals surface area contributed by atoms with E-state index in [-0.39, 0.29) is 0 Å². The summed E-state index contributed by atoms with van der Waals surface area (Å²) in [6.07, 6.45) is 4.94. The van der Waals surface area contributed by atoms with Crippen LogP contribution in [0.5, 0.6) is 0 Å². The van der Waals surface area contributed by atoms with Gasteiger partial charge in [-0.25, -0.2) is 9.97 Å². The summed E-state index contributed by atoms with van der Waals surface area (Å²) in [5.41, 5.74) is 2.06. The zero-order chi connectivity index (χ0) is 14.7. The number of benzene rings is 1. The Kier molecular flexibility index (Phi) is 4.15. The number of hydrogen-bond donors (Lipinski definition) is 1. The highest BCUT2D eigenvalue weighted by Gasteiger charge is 2.23. The largest absolute Gasteiger partial charge is 0.378 e. The lowest BCUT2D eigenvalue weighted by atomic mass is 10.2. The van der Waals surface area contributed by atoms with Crippen LogP contribution in [0.3, 0.4) is 0 Å². The summed E-state index contributed by atoms with van der Waals surface area (Å²) in [4.78, 5) is 11.4. The van der Waals surface area contributed by atoms with Crippen molar-refractivity contribution in [2.75, 3.05) is 18.4 Å². The predicted octanol–water partition coefficient (Wildman–Crippen LogP) is 3.04. The average molecular weight is 282 g/mol. The van der Waals surface area contributed by atoms with Gasteiger partial charge in [-0.15, -0.1) is 0 Å². The smallest absolute Gasteiger partial charge is 0.159 e. The molecule has 1 saturated heterocycles. The molecule has 1 aromatic heterocycles. The maximum absolute atomic E-state index is 4.46. The van der Waals surface area contributed by atoms with Gasteiger partial charge in [0.15, 0.2) is 5.82 Å². The first-order valence-electron chi connectivity index (χ1n) is 7.60. The molecule has 1 aromatic carbocycles. The van der Waals surface area contributed by atoms with Crippen molar-refractivity contribution in [3.63, 3.8) is 0 Å². The van der Waals surface area contributed by atoms with E-state index in [0.717, 1.165) is 30.2 Å². The molecule has 1 fully saturated rings. The van der Waals surface area contributed by atoms with Gasteiger partial charge in [-0.1, -0.05) is 30.3 Å². The number of anilines is 1. The van der Waals surface area contributed by atoms with Gasteiger partial charge in [0.05, 0.1) is 18.1 Å². The quantitative estimate of drug-likeness (QED) is 0.936. The molecule has 1 aliphatic rings. The van der Waals surface area contributed by atoms with Crippen molar-refractivity contribution in [1.82, 2.24) is 14.9 Å². The number of nitrogens with zero attached hydrogens (tertiary/aromatic N) is 3. The molecule has 0 bridgehead atoms. The maximum Gasteiger partial charge on any atom is 0.159 e. The Morgan fingerprint density at radius 3 is 2.48 bits per heavy atom. The van der Waals surface area contributed by atoms with Crippen molar-refractivity contribution < 1.29 is 0 Å². The summed E-state index contributed by atoms with van der Waals surface area (Å²) >= 11 is 0. The lowest BCUT2D eigenvalue weighted by Crippen LogP contribution is -2.31. The van der Waals surface area contributed by atoms with Crippen molar-refractivity contribution in [2.24, 2.45) is 0 Å². The van der Waals surface area contributed by atoms with Crippen molar-refractivity contribution in [1.29, 1.82) is 0 Å². The molecule has 21 heavy (non-hydrogen) atoms. The van der Waals surface area contributed by atoms with Gasteiger partial charge < -0.3 is 5.32 Å². The average Bonchev–Trinajstić information content (AvgIpc) is 2.98. The predicted molar refractivity (Wildman–Crippen MR) is 86.2 cm³/mol. The topological polar surface area (TPSA) is 41.0 Å². The van der Waals surface area contributed by atoms with E-state index in [2.05, 4.69) is 34.0 Å². The molecule has 4 nitrogen and oxygen atoms in total. The second-order valence-electron chi connectivity index (χ2n) is 5.88. The molecule has 0 saturated carbocycles. The first kappa shape index (κ1) is 14.0. The molecule has 1 unspecified atom stereocenters. The van der Waals surface area contributed by atoms with Crippen LogP contribution in [0.4, 0.5) is 5.69 Å². The van der Waals surface area contributed by atoms with Gasteiger partial charge in [-0.2, -0.15) is 0 Å². The molecule has 0 amide bonds. The maximum atomic E-state index is 4.46. The summed E-state index contributed by atoms with van der Waals surface area (Å²) in [7, 11) is 0. The molecular formula is C17H22N4. The van der Waals surface area contributed by atoms with Gasteiger partial charge in [-0.05, 0) is 20.3 Å². The number of likely N-dealkylation sites (tertiary alicyclic amines) is 1. The van der Waals surface area contributed by atoms with E-state index in [1.54, 1.807) is 0 Å². The fraction of sp³-hybridized carbons (Fsp3) is 0.412. The van der Waals surface area contributed by atoms with E-state index in [9.17, 15) is 0 Å². The van der Waals surface area contributed by atoms with E-state index in [1.165, 1.54) is 6.42 Å². The molecule has 1 atom stereocenters. The second kappa shape index (κ2) is 6.22. The monoisotopic (exact) mass is 282 g/mol. The Labute approximate surface area is 126 Å². The van der Waals surface area contributed by atoms with E-state index >= 15 is 0 Å². The van der Waals surface area contributed by atoms with Gasteiger partial charge >= 0.3 is 0 Å². The number of aromatic nitrogens is 2. The normalized spacial score (nSPS) is 19.1. The summed E-state index contributed by atoms with van der Waals surface area (Å²) < 4.78 is 0. The molecule has 4 heteroatoms. The minimum Gasteiger partial charge on any atom is -0.378 e. The van der Waals surface area contributed by atoms with Crippen LogP contribution in [0, 0.1) is 0 Å². The van der Waals surface area contributed by atoms with Gasteiger partial charge in [0, 0.05) is 30.7 Å². The van der Waals surface area contributed by atoms with Gasteiger partial charge in [-0.3, -0.25) is 4.90 Å². The Balaban J connectivity index is 1.63. The van der Waals surface area contributed by atoms with E-state index < -0.39 is 0 Å². The third kappa shape index (κ3) is 3.39. The highest BCUT2D eigenvalue weighted by Crippen LogP contribution is 2.18. The summed E-state index contributed by atoms with van der Waals surface area (Å²) in [6.45, 7) is 6.76. The Hall–Kier alpha value is -1.94. The van der Waals surface area contributed by atoms with E-state index in [4.69, 9.17) is 0 Å². The van der Waals surface area contributed by atoms with Crippen molar-refractivity contribution in [2.45, 2.75) is 32.4 Å². The molecule has 0 radical (unpaired) electrons. The number of rotatable bonds is 4. The fourth-order valence-corrected chi connectivity index (χ4v) is 2.75. The Morgan fingerprint density at radius 2 is 1.86 bits per heavy atom. The highest BCUT2D eigenvalue weighted by atomic mass is 15.2. The minimum atomic E-state index is 0.499. The van der Waals surface area contributed by atoms with E-state index in [0.29, 0.717) is 12.1 Å². The standard InChI is InChI=1S/C17H22N4/c1-13(2)21-9-8-15(12-21)20-16-10-18-17(19-11-16)14-6-4-3-5-7-14/h3-7,10-11,13,15,20H,8-9,12H2,1-2H3. The third-order valence-electron chi connectivity index (χ3n) is 4.00. The lowest BCUT2D eigenvalue weighted by molar-refractivity contribution is 0.274. The Bertz CT molecular complexity index is 565. The van der Waals surface area contributed by atoms with Crippen LogP contribution in [0.2, 0.25) is 0 Å². The van der Waals surface area contributed by atoms with Crippen molar-refractivity contribution >= 4 is 5.69 Å². The van der Waals surface area contributed by atoms with Crippen LogP contribution in [-0.2, 0) is 0 Å². The second-order valence-corrected chi connectivity index (χ2v) is 5.88. The molecule has 2 heterocycles. The van der Waals surface area contributed by atoms with Crippen LogP contribution in [0.15, 0.2) is 42.7 Å². The molecule has 110 valence electrons. The van der Waals surface area contributed by atoms with Crippen LogP contribution < -0.4 is 5.32 Å². The molecule has 1 aliphatic heterocycles. The van der Waals surface area contributed by atoms with Crippen LogP contribution in [0.25, 0.3) is 11.4 Å². The zero-order valence-electron chi connectivity index (χ0n) is 12.7. The van der Waals surface area contributed by atoms with E-state index in [1.807, 2.05) is 42.7 Å². The lowest BCUT2D eigenvalue weighted by Gasteiger charge is -2.20. The Morgan fingerprint density at radius 1 is 1.14 bits per heavy atom. The molecule has 2 aromatic rings. The van der Waals surface area contributed by atoms with Crippen molar-refractivity contribution in [3.05, 3.63) is 42.7 Å². The first-order valence-corrected chi connectivity index (χ1v) is 7.60. The minimum absolute atomic E-state index is 0.499. The third-order valence-corrected chi connectivity index (χ3v) is 4.00. The molecular weight excluding hydrogens is 260 g/mol. The highest BCUT2D eigenvalue weighted by molar-refractivity contribution is 5.55. The molecule has 1 N–H and O–H groups in total. The van der Waals surface area contributed by atoms with Crippen molar-refractivity contribution in [3.8, 4) is 11.4 Å². The molecule has 0 spiro atoms. The van der Waals surface area contributed by atoms with Crippen LogP contribution in [0.1, 0.15) is 20.3 Å². The van der Waals surface area contributed by atoms with Gasteiger partial charge in [0.25, 0.3) is 0 Å². The summed E-state index contributed by atoms with van der Waals surface area (Å²) in [5, 5.41) is 3.54. The number of nitrogens with one attached hydrogen (secondary N) is 1. The number of hydrogen-bond acceptors (Lipinski definition) is 4. The van der Waals surface area contributed by atoms with Crippen LogP contribution in [-0.4, -0.2) is 40.0 Å². The summed E-state index contributed by atoms with van der Waals surface area (Å²) in [5.74, 6) is 0.774. The molecule has 0 aliphatic carbocycles. The SMILES string of the molecule is CC(C)N1CCC(Nc2cnc(-c3ccccc3)nc2)C1. The van der Waals surface area contributed by atoms with Gasteiger partial charge in [0.1, 0.15) is 0 Å². The molecule has 3 rings (SSSR count). The zero-order valence-corrected chi connectivity index (χ0v) is 12.7. The fourth-order valence-electron chi connectivity index (χ4n) is 2.75. The van der Waals surface area contributed by atoms with Crippen LogP contribution >= 0.6 is 0 Å². The first-order chi connectivity index (χ1) is 10.2.